The van der Waals surface area contributed by atoms with E-state index in [9.17, 15) is 15.2 Å². The van der Waals surface area contributed by atoms with Crippen LogP contribution in [0.25, 0.3) is 0 Å². The van der Waals surface area contributed by atoms with E-state index in [-0.39, 0.29) is 17.5 Å². The average molecular weight is 549 g/mol. The van der Waals surface area contributed by atoms with Crippen LogP contribution >= 0.6 is 0 Å². The van der Waals surface area contributed by atoms with Crippen molar-refractivity contribution in [3.63, 3.8) is 0 Å². The maximum absolute atomic E-state index is 11.2. The van der Waals surface area contributed by atoms with Crippen molar-refractivity contribution in [3.05, 3.63) is 119 Å². The number of nitro benzene ring substituents is 1. The van der Waals surface area contributed by atoms with Gasteiger partial charge in [0, 0.05) is 28.7 Å². The van der Waals surface area contributed by atoms with Crippen molar-refractivity contribution in [2.45, 2.75) is 0 Å². The molecule has 0 atom stereocenters. The summed E-state index contributed by atoms with van der Waals surface area (Å²) < 4.78 is 5.24. The van der Waals surface area contributed by atoms with E-state index in [1.165, 1.54) is 24.4 Å². The molecule has 0 aliphatic carbocycles. The van der Waals surface area contributed by atoms with Crippen molar-refractivity contribution in [3.8, 4) is 11.5 Å². The van der Waals surface area contributed by atoms with E-state index in [0.29, 0.717) is 17.4 Å². The van der Waals surface area contributed by atoms with Gasteiger partial charge in [-0.15, -0.1) is 0 Å². The van der Waals surface area contributed by atoms with Gasteiger partial charge < -0.3 is 15.2 Å². The van der Waals surface area contributed by atoms with Gasteiger partial charge in [-0.3, -0.25) is 15.0 Å². The zero-order valence-corrected chi connectivity index (χ0v) is 21.7. The number of para-hydroxylation sites is 3. The molecule has 0 fully saturated rings. The van der Waals surface area contributed by atoms with Gasteiger partial charge >= 0.3 is 5.69 Å². The Balaban J connectivity index is 1.54. The molecular formula is C29H24N8O4. The molecule has 0 bridgehead atoms. The lowest BCUT2D eigenvalue weighted by Crippen LogP contribution is -2.16. The van der Waals surface area contributed by atoms with Crippen LogP contribution in [-0.2, 0) is 0 Å². The number of nitro groups is 1. The number of ether oxygens (including phenoxy) is 1. The summed E-state index contributed by atoms with van der Waals surface area (Å²) in [6.45, 7) is 0. The minimum Gasteiger partial charge on any atom is -0.502 e. The minimum atomic E-state index is -0.669. The zero-order chi connectivity index (χ0) is 28.6. The second-order valence-corrected chi connectivity index (χ2v) is 8.48. The molecule has 204 valence electrons. The zero-order valence-electron chi connectivity index (χ0n) is 21.7. The highest BCUT2D eigenvalue weighted by atomic mass is 16.6. The maximum atomic E-state index is 11.2. The van der Waals surface area contributed by atoms with Gasteiger partial charge in [-0.05, 0) is 54.6 Å². The molecular weight excluding hydrogens is 524 g/mol. The van der Waals surface area contributed by atoms with Gasteiger partial charge in [0.25, 0.3) is 0 Å². The molecule has 1 heterocycles. The first kappa shape index (κ1) is 26.6. The average Bonchev–Trinajstić information content (AvgIpc) is 2.99. The summed E-state index contributed by atoms with van der Waals surface area (Å²) in [6, 6.07) is 30.6. The summed E-state index contributed by atoms with van der Waals surface area (Å²) in [4.78, 5) is 26.1. The summed E-state index contributed by atoms with van der Waals surface area (Å²) in [6.07, 6.45) is 1.24. The van der Waals surface area contributed by atoms with Crippen LogP contribution in [0.3, 0.4) is 0 Å². The lowest BCUT2D eigenvalue weighted by atomic mass is 10.2. The van der Waals surface area contributed by atoms with Gasteiger partial charge in [0.15, 0.2) is 0 Å². The van der Waals surface area contributed by atoms with Crippen LogP contribution in [-0.4, -0.2) is 38.3 Å². The highest BCUT2D eigenvalue weighted by Gasteiger charge is 2.18. The van der Waals surface area contributed by atoms with Crippen molar-refractivity contribution in [2.75, 3.05) is 22.8 Å². The monoisotopic (exact) mass is 548 g/mol. The Labute approximate surface area is 234 Å². The third-order valence-corrected chi connectivity index (χ3v) is 5.81. The topological polar surface area (TPSA) is 151 Å². The van der Waals surface area contributed by atoms with Crippen LogP contribution < -0.4 is 20.4 Å². The molecule has 12 nitrogen and oxygen atoms in total. The predicted molar refractivity (Wildman–Crippen MR) is 157 cm³/mol. The van der Waals surface area contributed by atoms with E-state index >= 15 is 0 Å². The smallest absolute Gasteiger partial charge is 0.311 e. The van der Waals surface area contributed by atoms with Crippen molar-refractivity contribution in [2.24, 2.45) is 5.10 Å². The van der Waals surface area contributed by atoms with E-state index in [0.717, 1.165) is 11.4 Å². The molecule has 5 rings (SSSR count). The number of hydrazone groups is 1. The number of nitrogens with zero attached hydrogens (tertiary/aromatic N) is 6. The molecule has 0 aliphatic heterocycles. The minimum absolute atomic E-state index is 0.0871. The normalized spacial score (nSPS) is 10.8. The lowest BCUT2D eigenvalue weighted by Gasteiger charge is -2.23. The van der Waals surface area contributed by atoms with E-state index in [1.54, 1.807) is 19.2 Å². The Morgan fingerprint density at radius 1 is 0.854 bits per heavy atom. The third-order valence-electron chi connectivity index (χ3n) is 5.81. The first-order valence-electron chi connectivity index (χ1n) is 12.3. The van der Waals surface area contributed by atoms with Gasteiger partial charge in [-0.2, -0.15) is 20.1 Å². The van der Waals surface area contributed by atoms with Gasteiger partial charge in [0.05, 0.1) is 18.2 Å². The molecule has 12 heteroatoms. The number of aromatic hydroxyl groups is 1. The third kappa shape index (κ3) is 6.34. The van der Waals surface area contributed by atoms with Crippen molar-refractivity contribution < 1.29 is 14.8 Å². The summed E-state index contributed by atoms with van der Waals surface area (Å²) >= 11 is 0. The van der Waals surface area contributed by atoms with E-state index in [4.69, 9.17) is 9.72 Å². The second-order valence-electron chi connectivity index (χ2n) is 8.48. The molecule has 5 aromatic rings. The maximum Gasteiger partial charge on any atom is 0.311 e. The summed E-state index contributed by atoms with van der Waals surface area (Å²) in [5, 5.41) is 28.7. The first-order chi connectivity index (χ1) is 20.0. The number of anilines is 6. The van der Waals surface area contributed by atoms with Gasteiger partial charge in [-0.25, -0.2) is 5.43 Å². The number of aromatic nitrogens is 3. The van der Waals surface area contributed by atoms with Crippen LogP contribution in [0.1, 0.15) is 5.56 Å². The van der Waals surface area contributed by atoms with Gasteiger partial charge in [0.1, 0.15) is 5.75 Å². The number of nitrogens with one attached hydrogen (secondary N) is 2. The summed E-state index contributed by atoms with van der Waals surface area (Å²) in [5.41, 5.74) is 4.82. The Kier molecular flexibility index (Phi) is 7.91. The van der Waals surface area contributed by atoms with Crippen LogP contribution in [0, 0.1) is 10.1 Å². The molecule has 0 amide bonds. The molecule has 0 saturated heterocycles. The van der Waals surface area contributed by atoms with Crippen LogP contribution in [0.5, 0.6) is 11.5 Å². The predicted octanol–water partition coefficient (Wildman–Crippen LogP) is 6.15. The number of phenols is 1. The Morgan fingerprint density at radius 3 is 2.10 bits per heavy atom. The standard InChI is InChI=1S/C29H24N8O4/c1-41-24-17-15-21(16-18-24)31-27-32-28(35-30-19-20-9-8-14-25(26(20)38)37(39)40)34-29(33-27)36(22-10-4-2-5-11-22)23-12-6-3-7-13-23/h2-19,38H,1H3,(H2,31,32,33,34,35)/b30-19+. The van der Waals surface area contributed by atoms with Crippen molar-refractivity contribution in [1.29, 1.82) is 0 Å². The number of phenolic OH excluding ortho intramolecular Hbond substituents is 1. The van der Waals surface area contributed by atoms with Crippen LogP contribution in [0.4, 0.5) is 40.6 Å². The quantitative estimate of drug-likeness (QED) is 0.105. The number of hydrogen-bond donors (Lipinski definition) is 3. The molecule has 0 spiro atoms. The summed E-state index contributed by atoms with van der Waals surface area (Å²) in [5.74, 6) is 0.814. The first-order valence-corrected chi connectivity index (χ1v) is 12.3. The van der Waals surface area contributed by atoms with Gasteiger partial charge in [-0.1, -0.05) is 42.5 Å². The van der Waals surface area contributed by atoms with Gasteiger partial charge in [0.2, 0.25) is 23.6 Å². The highest BCUT2D eigenvalue weighted by molar-refractivity contribution is 5.86. The Bertz CT molecular complexity index is 1630. The van der Waals surface area contributed by atoms with Crippen molar-refractivity contribution in [1.82, 2.24) is 15.0 Å². The number of hydrogen-bond acceptors (Lipinski definition) is 11. The fraction of sp³-hybridized carbons (Fsp3) is 0.0345. The molecule has 0 unspecified atom stereocenters. The Morgan fingerprint density at radius 2 is 1.49 bits per heavy atom. The fourth-order valence-corrected chi connectivity index (χ4v) is 3.87. The molecule has 0 radical (unpaired) electrons. The summed E-state index contributed by atoms with van der Waals surface area (Å²) in [7, 11) is 1.59. The molecule has 3 N–H and O–H groups in total. The van der Waals surface area contributed by atoms with Crippen LogP contribution in [0.2, 0.25) is 0 Å². The number of methoxy groups -OCH3 is 1. The molecule has 41 heavy (non-hydrogen) atoms. The van der Waals surface area contributed by atoms with E-state index < -0.39 is 16.4 Å². The molecule has 4 aromatic carbocycles. The fourth-order valence-electron chi connectivity index (χ4n) is 3.87. The molecule has 1 aromatic heterocycles. The highest BCUT2D eigenvalue weighted by Crippen LogP contribution is 2.33. The number of benzene rings is 4. The molecule has 0 aliphatic rings. The van der Waals surface area contributed by atoms with Crippen LogP contribution in [0.15, 0.2) is 108 Å². The van der Waals surface area contributed by atoms with E-state index in [2.05, 4.69) is 25.8 Å². The second kappa shape index (κ2) is 12.2. The lowest BCUT2D eigenvalue weighted by molar-refractivity contribution is -0.385. The Hall–Kier alpha value is -6.04. The largest absolute Gasteiger partial charge is 0.502 e. The van der Waals surface area contributed by atoms with Crippen molar-refractivity contribution >= 4 is 46.8 Å². The SMILES string of the molecule is COc1ccc(Nc2nc(N/N=C/c3cccc([N+](=O)[O-])c3O)nc(N(c3ccccc3)c3ccccc3)n2)cc1. The number of rotatable bonds is 10. The van der Waals surface area contributed by atoms with E-state index in [1.807, 2.05) is 77.7 Å². The molecule has 0 saturated carbocycles.